The molecule has 1 aliphatic heterocycles. The van der Waals surface area contributed by atoms with Crippen molar-refractivity contribution >= 4 is 17.0 Å². The number of hydrogen-bond donors (Lipinski definition) is 3. The van der Waals surface area contributed by atoms with E-state index in [1.165, 1.54) is 24.6 Å². The molecule has 3 aliphatic rings. The van der Waals surface area contributed by atoms with Gasteiger partial charge in [-0.1, -0.05) is 0 Å². The lowest BCUT2D eigenvalue weighted by atomic mass is 9.86. The molecule has 3 heterocycles. The summed E-state index contributed by atoms with van der Waals surface area (Å²) in [6.45, 7) is -1.25. The highest BCUT2D eigenvalue weighted by atomic mass is 19.4. The standard InChI is InChI=1S/C30H26F4N4O5/c31-18-5-1-15(2-6-18)24-26-20(29(35,13-41-26)30(32,33)34)11-23(38-24)28(40,17-3-4-17)12-36-27(39)16-9-21-25(37-14-42-21)22(10-16)43-19-7-8-19/h1-2,5-6,9-11,14,17,19,40H,3-4,7-8,12-13,35H2,(H,36,39)/t28?,29-/m0/s1. The maximum absolute atomic E-state index is 14.2. The Morgan fingerprint density at radius 1 is 1.14 bits per heavy atom. The molecule has 2 aromatic carbocycles. The molecule has 4 N–H and O–H groups in total. The number of alkyl halides is 3. The lowest BCUT2D eigenvalue weighted by Gasteiger charge is -2.31. The zero-order valence-electron chi connectivity index (χ0n) is 22.6. The number of rotatable bonds is 8. The molecule has 43 heavy (non-hydrogen) atoms. The van der Waals surface area contributed by atoms with E-state index in [1.54, 1.807) is 6.07 Å². The number of nitrogens with two attached hydrogens (primary N) is 1. The van der Waals surface area contributed by atoms with Crippen LogP contribution < -0.4 is 20.5 Å². The van der Waals surface area contributed by atoms with E-state index in [-0.39, 0.29) is 40.9 Å². The van der Waals surface area contributed by atoms with Gasteiger partial charge >= 0.3 is 6.18 Å². The second kappa shape index (κ2) is 9.64. The number of aliphatic hydroxyl groups is 1. The molecule has 0 spiro atoms. The summed E-state index contributed by atoms with van der Waals surface area (Å²) in [6, 6.07) is 9.14. The third-order valence-corrected chi connectivity index (χ3v) is 8.22. The van der Waals surface area contributed by atoms with Gasteiger partial charge in [0.1, 0.15) is 29.5 Å². The first-order chi connectivity index (χ1) is 20.5. The van der Waals surface area contributed by atoms with Crippen molar-refractivity contribution in [2.75, 3.05) is 13.2 Å². The molecule has 4 aromatic rings. The highest BCUT2D eigenvalue weighted by molar-refractivity contribution is 5.98. The fraction of sp³-hybridized carbons (Fsp3) is 0.367. The van der Waals surface area contributed by atoms with Crippen LogP contribution in [0.2, 0.25) is 0 Å². The quantitative estimate of drug-likeness (QED) is 0.249. The molecule has 0 radical (unpaired) electrons. The molecular formula is C30H26F4N4O5. The summed E-state index contributed by atoms with van der Waals surface area (Å²) in [5.41, 5.74) is 1.94. The molecule has 0 bridgehead atoms. The number of benzene rings is 2. The molecule has 0 saturated heterocycles. The fourth-order valence-electron chi connectivity index (χ4n) is 5.38. The lowest BCUT2D eigenvalue weighted by Crippen LogP contribution is -2.52. The normalized spacial score (nSPS) is 21.3. The average molecular weight is 599 g/mol. The first kappa shape index (κ1) is 27.6. The number of halogens is 4. The van der Waals surface area contributed by atoms with Crippen LogP contribution in [-0.4, -0.2) is 46.4 Å². The summed E-state index contributed by atoms with van der Waals surface area (Å²) in [7, 11) is 0. The van der Waals surface area contributed by atoms with E-state index in [1.807, 2.05) is 0 Å². The van der Waals surface area contributed by atoms with Crippen LogP contribution in [0.3, 0.4) is 0 Å². The van der Waals surface area contributed by atoms with E-state index in [4.69, 9.17) is 19.6 Å². The number of aromatic nitrogens is 2. The number of nitrogens with one attached hydrogen (secondary N) is 1. The average Bonchev–Trinajstić information content (AvgIpc) is 3.91. The number of hydrogen-bond acceptors (Lipinski definition) is 8. The van der Waals surface area contributed by atoms with Crippen molar-refractivity contribution in [3.8, 4) is 22.8 Å². The van der Waals surface area contributed by atoms with Crippen LogP contribution in [-0.2, 0) is 11.1 Å². The Morgan fingerprint density at radius 3 is 2.56 bits per heavy atom. The van der Waals surface area contributed by atoms with Gasteiger partial charge < -0.3 is 30.0 Å². The molecule has 2 aliphatic carbocycles. The smallest absolute Gasteiger partial charge is 0.414 e. The summed E-state index contributed by atoms with van der Waals surface area (Å²) in [5.74, 6) is -1.31. The molecule has 2 saturated carbocycles. The maximum atomic E-state index is 14.2. The van der Waals surface area contributed by atoms with Crippen molar-refractivity contribution in [1.29, 1.82) is 0 Å². The molecule has 2 aromatic heterocycles. The van der Waals surface area contributed by atoms with Crippen LogP contribution in [0.15, 0.2) is 53.3 Å². The van der Waals surface area contributed by atoms with E-state index >= 15 is 0 Å². The number of nitrogens with zero attached hydrogens (tertiary/aromatic N) is 2. The minimum atomic E-state index is -4.89. The molecule has 1 unspecified atom stereocenters. The number of fused-ring (bicyclic) bond motifs is 2. The van der Waals surface area contributed by atoms with Crippen molar-refractivity contribution in [2.45, 2.75) is 49.1 Å². The monoisotopic (exact) mass is 598 g/mol. The minimum absolute atomic E-state index is 0.0212. The van der Waals surface area contributed by atoms with Crippen molar-refractivity contribution in [3.63, 3.8) is 0 Å². The Hall–Kier alpha value is -4.23. The number of ether oxygens (including phenoxy) is 2. The zero-order valence-corrected chi connectivity index (χ0v) is 22.6. The van der Waals surface area contributed by atoms with Crippen LogP contribution in [0.1, 0.15) is 47.3 Å². The van der Waals surface area contributed by atoms with Crippen LogP contribution in [0.25, 0.3) is 22.4 Å². The summed E-state index contributed by atoms with van der Waals surface area (Å²) in [5, 5.41) is 14.7. The Balaban J connectivity index is 1.26. The molecule has 2 atom stereocenters. The van der Waals surface area contributed by atoms with Crippen LogP contribution in [0, 0.1) is 11.7 Å². The van der Waals surface area contributed by atoms with Gasteiger partial charge in [-0.3, -0.25) is 4.79 Å². The van der Waals surface area contributed by atoms with Gasteiger partial charge in [-0.05, 0) is 74.1 Å². The van der Waals surface area contributed by atoms with Gasteiger partial charge in [0.2, 0.25) is 0 Å². The lowest BCUT2D eigenvalue weighted by molar-refractivity contribution is -0.191. The predicted molar refractivity (Wildman–Crippen MR) is 144 cm³/mol. The number of carbonyl (C=O) groups excluding carboxylic acids is 1. The van der Waals surface area contributed by atoms with Crippen molar-refractivity contribution in [3.05, 3.63) is 71.5 Å². The van der Waals surface area contributed by atoms with Crippen LogP contribution in [0.5, 0.6) is 11.5 Å². The minimum Gasteiger partial charge on any atom is -0.488 e. The molecule has 9 nitrogen and oxygen atoms in total. The fourth-order valence-corrected chi connectivity index (χ4v) is 5.38. The highest BCUT2D eigenvalue weighted by Crippen LogP contribution is 2.52. The van der Waals surface area contributed by atoms with E-state index in [0.29, 0.717) is 29.7 Å². The second-order valence-electron chi connectivity index (χ2n) is 11.4. The zero-order chi connectivity index (χ0) is 30.1. The number of oxazole rings is 1. The second-order valence-corrected chi connectivity index (χ2v) is 11.4. The summed E-state index contributed by atoms with van der Waals surface area (Å²) in [4.78, 5) is 22.0. The summed E-state index contributed by atoms with van der Waals surface area (Å²) < 4.78 is 73.2. The van der Waals surface area contributed by atoms with Gasteiger partial charge in [0.25, 0.3) is 5.91 Å². The van der Waals surface area contributed by atoms with Crippen LogP contribution in [0.4, 0.5) is 17.6 Å². The molecule has 1 amide bonds. The van der Waals surface area contributed by atoms with E-state index in [2.05, 4.69) is 15.3 Å². The van der Waals surface area contributed by atoms with E-state index in [9.17, 15) is 27.5 Å². The van der Waals surface area contributed by atoms with E-state index < -0.39 is 47.1 Å². The molecular weight excluding hydrogens is 572 g/mol. The van der Waals surface area contributed by atoms with Crippen molar-refractivity contribution in [2.24, 2.45) is 11.7 Å². The summed E-state index contributed by atoms with van der Waals surface area (Å²) >= 11 is 0. The van der Waals surface area contributed by atoms with E-state index in [0.717, 1.165) is 31.0 Å². The van der Waals surface area contributed by atoms with Crippen molar-refractivity contribution < 1.29 is 41.4 Å². The Morgan fingerprint density at radius 2 is 1.88 bits per heavy atom. The first-order valence-corrected chi connectivity index (χ1v) is 13.8. The first-order valence-electron chi connectivity index (χ1n) is 13.8. The largest absolute Gasteiger partial charge is 0.488 e. The summed E-state index contributed by atoms with van der Waals surface area (Å²) in [6.07, 6.45) is -0.702. The third kappa shape index (κ3) is 4.76. The Labute approximate surface area is 242 Å². The van der Waals surface area contributed by atoms with Gasteiger partial charge in [-0.15, -0.1) is 0 Å². The number of amides is 1. The van der Waals surface area contributed by atoms with Gasteiger partial charge in [0.05, 0.1) is 18.3 Å². The highest BCUT2D eigenvalue weighted by Gasteiger charge is 2.59. The van der Waals surface area contributed by atoms with Crippen LogP contribution >= 0.6 is 0 Å². The SMILES string of the molecule is N[C@@]1(C(F)(F)F)COc2c1cc(C(O)(CNC(=O)c1cc(OC3CC3)c3ncoc3c1)C1CC1)nc2-c1ccc(F)cc1. The maximum Gasteiger partial charge on any atom is 0.414 e. The van der Waals surface area contributed by atoms with Crippen molar-refractivity contribution in [1.82, 2.24) is 15.3 Å². The Bertz CT molecular complexity index is 1740. The molecule has 224 valence electrons. The number of pyridine rings is 1. The Kier molecular flexibility index (Phi) is 6.19. The molecule has 13 heteroatoms. The van der Waals surface area contributed by atoms with Gasteiger partial charge in [0, 0.05) is 16.7 Å². The predicted octanol–water partition coefficient (Wildman–Crippen LogP) is 4.71. The molecule has 2 fully saturated rings. The topological polar surface area (TPSA) is 133 Å². The van der Waals surface area contributed by atoms with Gasteiger partial charge in [0.15, 0.2) is 28.8 Å². The molecule has 7 rings (SSSR count). The third-order valence-electron chi connectivity index (χ3n) is 8.22. The van der Waals surface area contributed by atoms with Gasteiger partial charge in [-0.2, -0.15) is 13.2 Å². The number of carbonyl (C=O) groups is 1. The van der Waals surface area contributed by atoms with Gasteiger partial charge in [-0.25, -0.2) is 14.4 Å².